The smallest absolute Gasteiger partial charge is 0.307 e. The Morgan fingerprint density at radius 3 is 1.92 bits per heavy atom. The van der Waals surface area contributed by atoms with Crippen LogP contribution in [0.15, 0.2) is 48.1 Å². The average Bonchev–Trinajstić information content (AvgIpc) is 3.88. The molecule has 0 spiro atoms. The van der Waals surface area contributed by atoms with Gasteiger partial charge < -0.3 is 38.6 Å². The minimum absolute atomic E-state index is 0.208. The van der Waals surface area contributed by atoms with Crippen LogP contribution in [0.2, 0.25) is 0 Å². The monoisotopic (exact) mass is 895 g/mol. The topological polar surface area (TPSA) is 150 Å². The zero-order valence-electron chi connectivity index (χ0n) is 40.2. The van der Waals surface area contributed by atoms with Gasteiger partial charge in [-0.3, -0.25) is 14.4 Å². The molecule has 0 aromatic rings. The van der Waals surface area contributed by atoms with E-state index >= 15 is 0 Å². The summed E-state index contributed by atoms with van der Waals surface area (Å²) in [6.45, 7) is 15.0. The molecule has 360 valence electrons. The van der Waals surface area contributed by atoms with Crippen LogP contribution in [0.25, 0.3) is 0 Å². The summed E-state index contributed by atoms with van der Waals surface area (Å²) in [5, 5.41) is 25.3. The maximum atomic E-state index is 14.3. The van der Waals surface area contributed by atoms with Gasteiger partial charge in [-0.15, -0.1) is 0 Å². The molecule has 6 rings (SSSR count). The highest BCUT2D eigenvalue weighted by molar-refractivity contribution is 6.05. The molecular formula is C53H82O11. The molecule has 64 heavy (non-hydrogen) atoms. The molecule has 3 aliphatic carbocycles. The van der Waals surface area contributed by atoms with Crippen molar-refractivity contribution >= 4 is 17.7 Å². The van der Waals surface area contributed by atoms with E-state index in [1.807, 2.05) is 19.1 Å². The number of hydrogen-bond acceptors (Lipinski definition) is 11. The number of carbonyl (C=O) groups excluding carboxylic acids is 3. The molecule has 2 saturated carbocycles. The Bertz CT molecular complexity index is 1720. The molecule has 2 N–H and O–H groups in total. The number of aliphatic hydroxyl groups is 2. The van der Waals surface area contributed by atoms with E-state index in [0.29, 0.717) is 12.0 Å². The largest absolute Gasteiger partial charge is 0.462 e. The number of hydrogen-bond donors (Lipinski definition) is 2. The van der Waals surface area contributed by atoms with Crippen LogP contribution < -0.4 is 0 Å². The molecule has 12 atom stereocenters. The molecule has 3 aliphatic heterocycles. The minimum atomic E-state index is -2.44. The number of esters is 2. The number of rotatable bonds is 29. The second-order valence-corrected chi connectivity index (χ2v) is 20.2. The van der Waals surface area contributed by atoms with Crippen LogP contribution in [0.3, 0.4) is 0 Å². The molecule has 0 aromatic heterocycles. The Labute approximate surface area is 384 Å². The van der Waals surface area contributed by atoms with Gasteiger partial charge in [0, 0.05) is 37.2 Å². The summed E-state index contributed by atoms with van der Waals surface area (Å²) in [4.78, 5) is 40.5. The van der Waals surface area contributed by atoms with Gasteiger partial charge in [-0.1, -0.05) is 174 Å². The lowest BCUT2D eigenvalue weighted by molar-refractivity contribution is -0.407. The Hall–Kier alpha value is -2.67. The maximum absolute atomic E-state index is 14.3. The molecule has 0 radical (unpaired) electrons. The van der Waals surface area contributed by atoms with E-state index in [2.05, 4.69) is 26.5 Å². The minimum Gasteiger partial charge on any atom is -0.462 e. The van der Waals surface area contributed by atoms with Gasteiger partial charge in [0.25, 0.3) is 0 Å². The second kappa shape index (κ2) is 22.0. The maximum Gasteiger partial charge on any atom is 0.307 e. The van der Waals surface area contributed by atoms with Crippen molar-refractivity contribution in [2.75, 3.05) is 6.61 Å². The standard InChI is InChI=1S/C53H82O11/c1-8-10-12-14-16-18-20-22-23-25-27-29-31-33-42(55)59-36-49-46(61-49)43-47-52(37(3)4)45(60-40(7)54)39(6)53(43,41-35-38(5)44(56)51(41,58)48(49)57)64-50(62-47,63-52)34-32-30-28-26-24-21-19-17-15-13-11-9-2/h28,30,32,34-35,39,41,43,45-48,57-58H,3,8-27,29,31,33,36H2,1-2,4-7H3/b30-28+,34-32+/t39-,41-,43?,45-,46+,47-,48-,49+,50-,51-,52+,53+/m1/s1. The molecule has 5 fully saturated rings. The van der Waals surface area contributed by atoms with Gasteiger partial charge in [-0.05, 0) is 44.3 Å². The highest BCUT2D eigenvalue weighted by atomic mass is 16.9. The molecule has 1 unspecified atom stereocenters. The number of fused-ring (bicyclic) bond motifs is 3. The first-order valence-corrected chi connectivity index (χ1v) is 25.4. The lowest BCUT2D eigenvalue weighted by atomic mass is 9.53. The summed E-state index contributed by atoms with van der Waals surface area (Å²) in [7, 11) is 0. The first-order valence-electron chi connectivity index (χ1n) is 25.4. The number of epoxide rings is 1. The van der Waals surface area contributed by atoms with Crippen molar-refractivity contribution in [2.45, 2.75) is 242 Å². The summed E-state index contributed by atoms with van der Waals surface area (Å²) >= 11 is 0. The third kappa shape index (κ3) is 9.83. The van der Waals surface area contributed by atoms with E-state index < -0.39 is 88.3 Å². The third-order valence-corrected chi connectivity index (χ3v) is 15.5. The predicted molar refractivity (Wildman–Crippen MR) is 246 cm³/mol. The van der Waals surface area contributed by atoms with Crippen molar-refractivity contribution in [1.29, 1.82) is 0 Å². The molecule has 3 saturated heterocycles. The van der Waals surface area contributed by atoms with Crippen molar-refractivity contribution in [3.8, 4) is 0 Å². The number of ether oxygens (including phenoxy) is 6. The van der Waals surface area contributed by atoms with Crippen LogP contribution in [-0.2, 0) is 42.8 Å². The lowest BCUT2D eigenvalue weighted by Crippen LogP contribution is -2.76. The molecule has 3 heterocycles. The Kier molecular flexibility index (Phi) is 17.4. The van der Waals surface area contributed by atoms with Gasteiger partial charge >= 0.3 is 17.9 Å². The molecule has 0 aromatic carbocycles. The number of carbonyl (C=O) groups is 3. The van der Waals surface area contributed by atoms with Crippen molar-refractivity contribution in [1.82, 2.24) is 0 Å². The Balaban J connectivity index is 1.17. The molecule has 11 heteroatoms. The van der Waals surface area contributed by atoms with Crippen LogP contribution in [0.5, 0.6) is 0 Å². The summed E-state index contributed by atoms with van der Waals surface area (Å²) in [6, 6.07) is 0. The van der Waals surface area contributed by atoms with Crippen LogP contribution in [-0.4, -0.2) is 87.3 Å². The fourth-order valence-electron chi connectivity index (χ4n) is 12.1. The molecule has 0 amide bonds. The zero-order chi connectivity index (χ0) is 46.2. The van der Waals surface area contributed by atoms with Gasteiger partial charge in [0.1, 0.15) is 31.0 Å². The van der Waals surface area contributed by atoms with Crippen LogP contribution in [0.1, 0.15) is 189 Å². The van der Waals surface area contributed by atoms with E-state index in [-0.39, 0.29) is 18.6 Å². The van der Waals surface area contributed by atoms with Crippen molar-refractivity contribution in [2.24, 2.45) is 17.8 Å². The Morgan fingerprint density at radius 2 is 1.36 bits per heavy atom. The first kappa shape index (κ1) is 50.7. The fraction of sp³-hybridized carbons (Fsp3) is 0.792. The summed E-state index contributed by atoms with van der Waals surface area (Å²) in [5.74, 6) is -6.19. The third-order valence-electron chi connectivity index (χ3n) is 15.5. The van der Waals surface area contributed by atoms with Crippen molar-refractivity contribution in [3.05, 3.63) is 48.1 Å². The second-order valence-electron chi connectivity index (χ2n) is 20.2. The fourth-order valence-corrected chi connectivity index (χ4v) is 12.1. The van der Waals surface area contributed by atoms with Gasteiger partial charge in [0.15, 0.2) is 22.6 Å². The SMILES string of the molecule is C=C(C)[C@@]12O[C@@]3(/C=C/C=C/CCCCCCCCCC)O[C@@H]1C1[C@@H]4O[C@]4(COC(=O)CCCCCCCCCCCCCCC)[C@@H](O)[C@]4(O)C(=O)C(C)=C[C@H]4[C@@]1(O3)[C@H](C)[C@H]2OC(C)=O. The average molecular weight is 895 g/mol. The molecule has 3 bridgehead atoms. The molecular weight excluding hydrogens is 813 g/mol. The number of aliphatic hydroxyl groups excluding tert-OH is 1. The summed E-state index contributed by atoms with van der Waals surface area (Å²) in [5.41, 5.74) is -6.31. The van der Waals surface area contributed by atoms with Crippen molar-refractivity contribution < 1.29 is 53.0 Å². The number of ketones is 1. The van der Waals surface area contributed by atoms with Gasteiger partial charge in [-0.25, -0.2) is 0 Å². The molecule has 11 nitrogen and oxygen atoms in total. The highest BCUT2D eigenvalue weighted by Gasteiger charge is 2.90. The predicted octanol–water partition coefficient (Wildman–Crippen LogP) is 10.4. The van der Waals surface area contributed by atoms with Crippen LogP contribution in [0, 0.1) is 17.8 Å². The lowest BCUT2D eigenvalue weighted by Gasteiger charge is -2.61. The van der Waals surface area contributed by atoms with Gasteiger partial charge in [0.05, 0.1) is 5.60 Å². The summed E-state index contributed by atoms with van der Waals surface area (Å²) in [6.07, 6.45) is 31.1. The highest BCUT2D eigenvalue weighted by Crippen LogP contribution is 2.73. The van der Waals surface area contributed by atoms with E-state index in [0.717, 1.165) is 32.1 Å². The normalized spacial score (nSPS) is 36.8. The zero-order valence-corrected chi connectivity index (χ0v) is 40.2. The van der Waals surface area contributed by atoms with E-state index in [4.69, 9.17) is 28.4 Å². The van der Waals surface area contributed by atoms with E-state index in [9.17, 15) is 24.6 Å². The quantitative estimate of drug-likeness (QED) is 0.0243. The van der Waals surface area contributed by atoms with Gasteiger partial charge in [-0.2, -0.15) is 0 Å². The van der Waals surface area contributed by atoms with Gasteiger partial charge in [0.2, 0.25) is 0 Å². The van der Waals surface area contributed by atoms with Crippen LogP contribution in [0.4, 0.5) is 0 Å². The Morgan fingerprint density at radius 1 is 0.797 bits per heavy atom. The number of unbranched alkanes of at least 4 members (excludes halogenated alkanes) is 20. The van der Waals surface area contributed by atoms with E-state index in [1.165, 1.54) is 110 Å². The summed E-state index contributed by atoms with van der Waals surface area (Å²) < 4.78 is 39.6. The first-order chi connectivity index (χ1) is 30.7. The van der Waals surface area contributed by atoms with Crippen LogP contribution >= 0.6 is 0 Å². The van der Waals surface area contributed by atoms with Crippen molar-refractivity contribution in [3.63, 3.8) is 0 Å². The molecule has 6 aliphatic rings. The van der Waals surface area contributed by atoms with E-state index in [1.54, 1.807) is 26.0 Å². The number of Topliss-reactive ketones (excluding diaryl/α,β-unsaturated/α-hetero) is 1. The number of allylic oxidation sites excluding steroid dienone is 3.